The Balaban J connectivity index is 2.09. The number of carbonyl (C=O) groups excluding carboxylic acids is 3. The van der Waals surface area contributed by atoms with E-state index in [4.69, 9.17) is 9.84 Å². The summed E-state index contributed by atoms with van der Waals surface area (Å²) < 4.78 is 5.10. The highest BCUT2D eigenvalue weighted by molar-refractivity contribution is 5.99. The maximum absolute atomic E-state index is 12.9. The number of carboxylic acid groups (broad SMARTS) is 1. The minimum Gasteiger partial charge on any atom is -0.481 e. The topological polar surface area (TPSA) is 97.7 Å². The van der Waals surface area contributed by atoms with Crippen molar-refractivity contribution in [1.82, 2.24) is 0 Å². The molecule has 1 N–H and O–H groups in total. The van der Waals surface area contributed by atoms with Gasteiger partial charge in [-0.25, -0.2) is 4.79 Å². The standard InChI is InChI=1S/C26H30O6/c1-3-8-18-11-13-21(14-12-18)26(31)32-25(30)19(4-2)17-22(15-16-23(27)28)24(29)20-9-6-5-7-10-20/h5-7,9-14,19,22H,3-4,8,15-17H2,1-2H3,(H,27,28). The highest BCUT2D eigenvalue weighted by Crippen LogP contribution is 2.25. The Labute approximate surface area is 188 Å². The molecule has 0 saturated heterocycles. The second kappa shape index (κ2) is 12.5. The van der Waals surface area contributed by atoms with Crippen molar-refractivity contribution < 1.29 is 29.0 Å². The van der Waals surface area contributed by atoms with E-state index in [9.17, 15) is 19.2 Å². The van der Waals surface area contributed by atoms with E-state index in [1.807, 2.05) is 12.1 Å². The minimum atomic E-state index is -1.01. The van der Waals surface area contributed by atoms with Crippen molar-refractivity contribution in [2.45, 2.75) is 52.4 Å². The predicted molar refractivity (Wildman–Crippen MR) is 120 cm³/mol. The normalized spacial score (nSPS) is 12.6. The number of aryl methyl sites for hydroxylation is 1. The first kappa shape index (κ1) is 25.0. The van der Waals surface area contributed by atoms with Crippen LogP contribution in [-0.2, 0) is 20.7 Å². The van der Waals surface area contributed by atoms with Crippen molar-refractivity contribution in [2.24, 2.45) is 11.8 Å². The Bertz CT molecular complexity index is 917. The van der Waals surface area contributed by atoms with Gasteiger partial charge in [-0.3, -0.25) is 14.4 Å². The van der Waals surface area contributed by atoms with Crippen molar-refractivity contribution in [3.05, 3.63) is 71.3 Å². The first-order valence-corrected chi connectivity index (χ1v) is 11.0. The van der Waals surface area contributed by atoms with Gasteiger partial charge in [0, 0.05) is 17.9 Å². The first-order valence-electron chi connectivity index (χ1n) is 11.0. The average molecular weight is 439 g/mol. The second-order valence-corrected chi connectivity index (χ2v) is 7.86. The van der Waals surface area contributed by atoms with Crippen LogP contribution in [0.2, 0.25) is 0 Å². The fraction of sp³-hybridized carbons (Fsp3) is 0.385. The molecule has 2 unspecified atom stereocenters. The zero-order valence-electron chi connectivity index (χ0n) is 18.6. The lowest BCUT2D eigenvalue weighted by Gasteiger charge is -2.20. The van der Waals surface area contributed by atoms with E-state index in [0.717, 1.165) is 18.4 Å². The Morgan fingerprint density at radius 3 is 2.09 bits per heavy atom. The molecule has 0 amide bonds. The molecule has 2 rings (SSSR count). The summed E-state index contributed by atoms with van der Waals surface area (Å²) in [6.45, 7) is 3.84. The van der Waals surface area contributed by atoms with E-state index in [1.165, 1.54) is 0 Å². The maximum atomic E-state index is 12.9. The molecule has 0 heterocycles. The van der Waals surface area contributed by atoms with E-state index < -0.39 is 29.7 Å². The van der Waals surface area contributed by atoms with Gasteiger partial charge in [0.05, 0.1) is 11.5 Å². The lowest BCUT2D eigenvalue weighted by atomic mass is 9.84. The van der Waals surface area contributed by atoms with Crippen LogP contribution in [0.15, 0.2) is 54.6 Å². The zero-order chi connectivity index (χ0) is 23.5. The molecule has 2 atom stereocenters. The summed E-state index contributed by atoms with van der Waals surface area (Å²) in [5, 5.41) is 9.07. The van der Waals surface area contributed by atoms with Gasteiger partial charge >= 0.3 is 17.9 Å². The van der Waals surface area contributed by atoms with Gasteiger partial charge in [0.25, 0.3) is 0 Å². The van der Waals surface area contributed by atoms with Gasteiger partial charge in [-0.2, -0.15) is 0 Å². The molecule has 0 spiro atoms. The van der Waals surface area contributed by atoms with Crippen LogP contribution in [0, 0.1) is 11.8 Å². The average Bonchev–Trinajstić information content (AvgIpc) is 2.79. The number of Topliss-reactive ketones (excluding diaryl/α,β-unsaturated/α-hetero) is 1. The third-order valence-corrected chi connectivity index (χ3v) is 5.45. The maximum Gasteiger partial charge on any atom is 0.345 e. The molecule has 2 aromatic rings. The van der Waals surface area contributed by atoms with Gasteiger partial charge in [-0.05, 0) is 43.4 Å². The predicted octanol–water partition coefficient (Wildman–Crippen LogP) is 5.10. The molecule has 32 heavy (non-hydrogen) atoms. The van der Waals surface area contributed by atoms with Crippen molar-refractivity contribution in [3.8, 4) is 0 Å². The van der Waals surface area contributed by atoms with Gasteiger partial charge in [-0.15, -0.1) is 0 Å². The van der Waals surface area contributed by atoms with E-state index in [0.29, 0.717) is 12.0 Å². The Morgan fingerprint density at radius 1 is 0.875 bits per heavy atom. The zero-order valence-corrected chi connectivity index (χ0v) is 18.6. The lowest BCUT2D eigenvalue weighted by molar-refractivity contribution is -0.143. The fourth-order valence-corrected chi connectivity index (χ4v) is 3.59. The molecule has 0 fully saturated rings. The van der Waals surface area contributed by atoms with E-state index >= 15 is 0 Å². The number of benzene rings is 2. The summed E-state index contributed by atoms with van der Waals surface area (Å²) in [6, 6.07) is 15.5. The fourth-order valence-electron chi connectivity index (χ4n) is 3.59. The number of ketones is 1. The van der Waals surface area contributed by atoms with Gasteiger partial charge in [0.2, 0.25) is 0 Å². The molecule has 0 bridgehead atoms. The summed E-state index contributed by atoms with van der Waals surface area (Å²) in [4.78, 5) is 49.1. The summed E-state index contributed by atoms with van der Waals surface area (Å²) in [5.41, 5.74) is 1.85. The highest BCUT2D eigenvalue weighted by Gasteiger charge is 2.29. The molecule has 2 aromatic carbocycles. The monoisotopic (exact) mass is 438 g/mol. The number of aliphatic carboxylic acids is 1. The number of carboxylic acids is 1. The third-order valence-electron chi connectivity index (χ3n) is 5.45. The van der Waals surface area contributed by atoms with Gasteiger partial charge in [0.15, 0.2) is 5.78 Å². The Kier molecular flexibility index (Phi) is 9.79. The number of carbonyl (C=O) groups is 4. The van der Waals surface area contributed by atoms with Crippen LogP contribution in [0.5, 0.6) is 0 Å². The molecule has 0 saturated carbocycles. The van der Waals surface area contributed by atoms with Crippen molar-refractivity contribution in [3.63, 3.8) is 0 Å². The van der Waals surface area contributed by atoms with Crippen molar-refractivity contribution >= 4 is 23.7 Å². The Hall–Kier alpha value is -3.28. The smallest absolute Gasteiger partial charge is 0.345 e. The van der Waals surface area contributed by atoms with Crippen molar-refractivity contribution in [2.75, 3.05) is 0 Å². The summed E-state index contributed by atoms with van der Waals surface area (Å²) in [7, 11) is 0. The molecular formula is C26H30O6. The Morgan fingerprint density at radius 2 is 1.53 bits per heavy atom. The summed E-state index contributed by atoms with van der Waals surface area (Å²) >= 11 is 0. The van der Waals surface area contributed by atoms with Gasteiger partial charge in [-0.1, -0.05) is 62.7 Å². The first-order chi connectivity index (χ1) is 15.3. The van der Waals surface area contributed by atoms with Gasteiger partial charge in [0.1, 0.15) is 0 Å². The van der Waals surface area contributed by atoms with Crippen LogP contribution in [0.4, 0.5) is 0 Å². The van der Waals surface area contributed by atoms with E-state index in [-0.39, 0.29) is 30.6 Å². The van der Waals surface area contributed by atoms with E-state index in [1.54, 1.807) is 49.4 Å². The van der Waals surface area contributed by atoms with Crippen LogP contribution < -0.4 is 0 Å². The summed E-state index contributed by atoms with van der Waals surface area (Å²) in [5.74, 6) is -3.99. The van der Waals surface area contributed by atoms with Crippen LogP contribution >= 0.6 is 0 Å². The molecular weight excluding hydrogens is 408 g/mol. The number of esters is 2. The van der Waals surface area contributed by atoms with Gasteiger partial charge < -0.3 is 9.84 Å². The molecule has 6 nitrogen and oxygen atoms in total. The van der Waals surface area contributed by atoms with Crippen LogP contribution in [0.3, 0.4) is 0 Å². The molecule has 0 aliphatic heterocycles. The van der Waals surface area contributed by atoms with Crippen LogP contribution in [0.25, 0.3) is 0 Å². The van der Waals surface area contributed by atoms with Crippen molar-refractivity contribution in [1.29, 1.82) is 0 Å². The largest absolute Gasteiger partial charge is 0.481 e. The number of hydrogen-bond donors (Lipinski definition) is 1. The minimum absolute atomic E-state index is 0.111. The van der Waals surface area contributed by atoms with E-state index in [2.05, 4.69) is 6.92 Å². The third kappa shape index (κ3) is 7.45. The van der Waals surface area contributed by atoms with Crippen LogP contribution in [0.1, 0.15) is 72.2 Å². The quantitative estimate of drug-likeness (QED) is 0.281. The second-order valence-electron chi connectivity index (χ2n) is 7.86. The molecule has 0 radical (unpaired) electrons. The molecule has 170 valence electrons. The number of hydrogen-bond acceptors (Lipinski definition) is 5. The molecule has 6 heteroatoms. The molecule has 0 aliphatic carbocycles. The number of rotatable bonds is 12. The highest BCUT2D eigenvalue weighted by atomic mass is 16.6. The van der Waals surface area contributed by atoms with Crippen LogP contribution in [-0.4, -0.2) is 28.8 Å². The lowest BCUT2D eigenvalue weighted by Crippen LogP contribution is -2.26. The SMILES string of the molecule is CCCc1ccc(C(=O)OC(=O)C(CC)CC(CCC(=O)O)C(=O)c2ccccc2)cc1. The molecule has 0 aliphatic rings. The number of ether oxygens (including phenoxy) is 1. The molecule has 0 aromatic heterocycles. The summed E-state index contributed by atoms with van der Waals surface area (Å²) in [6.07, 6.45) is 2.31.